The van der Waals surface area contributed by atoms with E-state index in [0.29, 0.717) is 29.2 Å². The number of benzene rings is 2. The first-order chi connectivity index (χ1) is 16.1. The van der Waals surface area contributed by atoms with E-state index in [1.165, 1.54) is 25.5 Å². The molecule has 1 aliphatic rings. The number of methoxy groups -OCH3 is 1. The Balaban J connectivity index is 1.66. The fourth-order valence-electron chi connectivity index (χ4n) is 4.15. The number of carbonyl (C=O) groups is 2. The zero-order valence-electron chi connectivity index (χ0n) is 19.4. The summed E-state index contributed by atoms with van der Waals surface area (Å²) in [6.07, 6.45) is 5.91. The maximum absolute atomic E-state index is 13.4. The Kier molecular flexibility index (Phi) is 7.40. The molecule has 1 fully saturated rings. The molecular weight excluding hydrogens is 416 g/mol. The second kappa shape index (κ2) is 10.6. The van der Waals surface area contributed by atoms with Crippen molar-refractivity contribution >= 4 is 28.5 Å². The summed E-state index contributed by atoms with van der Waals surface area (Å²) in [6, 6.07) is 13.9. The van der Waals surface area contributed by atoms with Gasteiger partial charge in [-0.15, -0.1) is 0 Å². The van der Waals surface area contributed by atoms with E-state index in [2.05, 4.69) is 29.4 Å². The maximum Gasteiger partial charge on any atom is 0.254 e. The van der Waals surface area contributed by atoms with E-state index in [0.717, 1.165) is 31.4 Å². The van der Waals surface area contributed by atoms with Crippen molar-refractivity contribution in [2.45, 2.75) is 39.2 Å². The van der Waals surface area contributed by atoms with Crippen molar-refractivity contribution in [1.29, 1.82) is 0 Å². The molecule has 0 unspecified atom stereocenters. The van der Waals surface area contributed by atoms with Crippen LogP contribution in [0.5, 0.6) is 0 Å². The molecule has 0 saturated heterocycles. The number of fused-ring (bicyclic) bond motifs is 1. The Labute approximate surface area is 194 Å². The van der Waals surface area contributed by atoms with Crippen molar-refractivity contribution in [1.82, 2.24) is 14.5 Å². The lowest BCUT2D eigenvalue weighted by molar-refractivity contribution is -0.119. The SMILES string of the molecule is CCCN(CC1CC1)C(=O)c1cc(NC(=O)COC)c2c(c1)ncn2CCc1ccccc1. The fraction of sp³-hybridized carbons (Fsp3) is 0.423. The summed E-state index contributed by atoms with van der Waals surface area (Å²) in [6.45, 7) is 4.26. The zero-order valence-corrected chi connectivity index (χ0v) is 19.4. The molecule has 0 spiro atoms. The average molecular weight is 449 g/mol. The molecule has 7 nitrogen and oxygen atoms in total. The third-order valence-corrected chi connectivity index (χ3v) is 5.95. The van der Waals surface area contributed by atoms with E-state index < -0.39 is 0 Å². The van der Waals surface area contributed by atoms with E-state index in [1.807, 2.05) is 33.7 Å². The number of aromatic nitrogens is 2. The Bertz CT molecular complexity index is 1110. The molecule has 0 aliphatic heterocycles. The first kappa shape index (κ1) is 23.0. The number of ether oxygens (including phenoxy) is 1. The number of nitrogens with one attached hydrogen (secondary N) is 1. The third kappa shape index (κ3) is 5.79. The standard InChI is InChI=1S/C26H32N4O3/c1-3-12-29(16-20-9-10-20)26(32)21-14-22-25(23(15-21)28-24(31)17-33-2)30(18-27-22)13-11-19-7-5-4-6-8-19/h4-8,14-15,18,20H,3,9-13,16-17H2,1-2H3,(H,28,31). The van der Waals surface area contributed by atoms with Crippen LogP contribution < -0.4 is 5.32 Å². The lowest BCUT2D eigenvalue weighted by atomic mass is 10.1. The van der Waals surface area contributed by atoms with E-state index >= 15 is 0 Å². The van der Waals surface area contributed by atoms with Crippen LogP contribution in [0.25, 0.3) is 11.0 Å². The molecule has 2 amide bonds. The molecule has 3 aromatic rings. The molecule has 1 saturated carbocycles. The molecule has 0 radical (unpaired) electrons. The van der Waals surface area contributed by atoms with Crippen LogP contribution in [0.4, 0.5) is 5.69 Å². The van der Waals surface area contributed by atoms with Crippen LogP contribution >= 0.6 is 0 Å². The molecule has 0 atom stereocenters. The number of aryl methyl sites for hydroxylation is 2. The van der Waals surface area contributed by atoms with E-state index in [9.17, 15) is 9.59 Å². The van der Waals surface area contributed by atoms with Crippen LogP contribution in [0.15, 0.2) is 48.8 Å². The summed E-state index contributed by atoms with van der Waals surface area (Å²) in [7, 11) is 1.49. The van der Waals surface area contributed by atoms with Crippen LogP contribution in [-0.4, -0.2) is 53.1 Å². The number of hydrogen-bond acceptors (Lipinski definition) is 4. The quantitative estimate of drug-likeness (QED) is 0.479. The number of carbonyl (C=O) groups excluding carboxylic acids is 2. The predicted octanol–water partition coefficient (Wildman–Crippen LogP) is 4.13. The number of rotatable bonds is 11. The van der Waals surface area contributed by atoms with Gasteiger partial charge in [0, 0.05) is 32.3 Å². The summed E-state index contributed by atoms with van der Waals surface area (Å²) >= 11 is 0. The largest absolute Gasteiger partial charge is 0.375 e. The van der Waals surface area contributed by atoms with Crippen LogP contribution in [0, 0.1) is 5.92 Å². The van der Waals surface area contributed by atoms with Gasteiger partial charge in [0.25, 0.3) is 5.91 Å². The average Bonchev–Trinajstić information content (AvgIpc) is 3.54. The Hall–Kier alpha value is -3.19. The summed E-state index contributed by atoms with van der Waals surface area (Å²) in [5.74, 6) is 0.344. The number of anilines is 1. The Morgan fingerprint density at radius 1 is 1.21 bits per heavy atom. The molecule has 1 aliphatic carbocycles. The molecule has 33 heavy (non-hydrogen) atoms. The minimum absolute atomic E-state index is 0.00766. The van der Waals surface area contributed by atoms with Crippen LogP contribution in [0.3, 0.4) is 0 Å². The number of imidazole rings is 1. The van der Waals surface area contributed by atoms with Gasteiger partial charge in [0.2, 0.25) is 5.91 Å². The molecule has 0 bridgehead atoms. The first-order valence-corrected chi connectivity index (χ1v) is 11.7. The summed E-state index contributed by atoms with van der Waals surface area (Å²) in [4.78, 5) is 32.3. The van der Waals surface area contributed by atoms with Crippen molar-refractivity contribution in [2.24, 2.45) is 5.92 Å². The monoisotopic (exact) mass is 448 g/mol. The summed E-state index contributed by atoms with van der Waals surface area (Å²) in [5, 5.41) is 2.93. The van der Waals surface area contributed by atoms with Crippen LogP contribution in [0.2, 0.25) is 0 Å². The van der Waals surface area contributed by atoms with Crippen LogP contribution in [-0.2, 0) is 22.5 Å². The highest BCUT2D eigenvalue weighted by Crippen LogP contribution is 2.31. The molecule has 4 rings (SSSR count). The Morgan fingerprint density at radius 2 is 2.00 bits per heavy atom. The number of nitrogens with zero attached hydrogens (tertiary/aromatic N) is 3. The highest BCUT2D eigenvalue weighted by molar-refractivity contribution is 6.05. The van der Waals surface area contributed by atoms with Gasteiger partial charge in [-0.2, -0.15) is 0 Å². The molecule has 1 aromatic heterocycles. The smallest absolute Gasteiger partial charge is 0.254 e. The minimum atomic E-state index is -0.261. The second-order valence-electron chi connectivity index (χ2n) is 8.74. The minimum Gasteiger partial charge on any atom is -0.375 e. The fourth-order valence-corrected chi connectivity index (χ4v) is 4.15. The second-order valence-corrected chi connectivity index (χ2v) is 8.74. The van der Waals surface area contributed by atoms with Gasteiger partial charge in [-0.05, 0) is 49.3 Å². The van der Waals surface area contributed by atoms with E-state index in [4.69, 9.17) is 4.74 Å². The highest BCUT2D eigenvalue weighted by Gasteiger charge is 2.27. The molecule has 2 aromatic carbocycles. The lowest BCUT2D eigenvalue weighted by Crippen LogP contribution is -2.33. The predicted molar refractivity (Wildman–Crippen MR) is 129 cm³/mol. The van der Waals surface area contributed by atoms with Gasteiger partial charge in [-0.1, -0.05) is 37.3 Å². The topological polar surface area (TPSA) is 76.5 Å². The normalized spacial score (nSPS) is 13.3. The van der Waals surface area contributed by atoms with Crippen molar-refractivity contribution in [2.75, 3.05) is 32.1 Å². The summed E-state index contributed by atoms with van der Waals surface area (Å²) in [5.41, 5.74) is 3.89. The van der Waals surface area contributed by atoms with Crippen molar-refractivity contribution in [3.63, 3.8) is 0 Å². The van der Waals surface area contributed by atoms with E-state index in [1.54, 1.807) is 12.4 Å². The van der Waals surface area contributed by atoms with Gasteiger partial charge in [-0.3, -0.25) is 9.59 Å². The van der Waals surface area contributed by atoms with Gasteiger partial charge in [0.1, 0.15) is 6.61 Å². The molecular formula is C26H32N4O3. The van der Waals surface area contributed by atoms with Crippen molar-refractivity contribution in [3.8, 4) is 0 Å². The first-order valence-electron chi connectivity index (χ1n) is 11.7. The third-order valence-electron chi connectivity index (χ3n) is 5.95. The molecule has 1 heterocycles. The lowest BCUT2D eigenvalue weighted by Gasteiger charge is -2.22. The van der Waals surface area contributed by atoms with Crippen LogP contribution in [0.1, 0.15) is 42.1 Å². The van der Waals surface area contributed by atoms with Gasteiger partial charge < -0.3 is 19.5 Å². The summed E-state index contributed by atoms with van der Waals surface area (Å²) < 4.78 is 7.03. The van der Waals surface area contributed by atoms with Crippen molar-refractivity contribution < 1.29 is 14.3 Å². The van der Waals surface area contributed by atoms with E-state index in [-0.39, 0.29) is 18.4 Å². The number of hydrogen-bond donors (Lipinski definition) is 1. The van der Waals surface area contributed by atoms with Gasteiger partial charge in [-0.25, -0.2) is 4.98 Å². The molecule has 174 valence electrons. The van der Waals surface area contributed by atoms with Gasteiger partial charge >= 0.3 is 0 Å². The zero-order chi connectivity index (χ0) is 23.2. The highest BCUT2D eigenvalue weighted by atomic mass is 16.5. The molecule has 7 heteroatoms. The molecule has 1 N–H and O–H groups in total. The Morgan fingerprint density at radius 3 is 2.70 bits per heavy atom. The van der Waals surface area contributed by atoms with Crippen molar-refractivity contribution in [3.05, 3.63) is 59.9 Å². The van der Waals surface area contributed by atoms with Gasteiger partial charge in [0.05, 0.1) is 23.0 Å². The van der Waals surface area contributed by atoms with Gasteiger partial charge in [0.15, 0.2) is 0 Å². The maximum atomic E-state index is 13.4. The number of amides is 2.